The zero-order chi connectivity index (χ0) is 13.1. The molecule has 5 heteroatoms. The third-order valence-electron chi connectivity index (χ3n) is 3.09. The second-order valence-electron chi connectivity index (χ2n) is 5.06. The maximum atomic E-state index is 12.1. The highest BCUT2D eigenvalue weighted by molar-refractivity contribution is 7.13. The van der Waals surface area contributed by atoms with E-state index in [0.717, 1.165) is 35.2 Å². The number of nitrogens with one attached hydrogen (secondary N) is 1. The van der Waals surface area contributed by atoms with Gasteiger partial charge in [0.15, 0.2) is 0 Å². The Morgan fingerprint density at radius 2 is 2.39 bits per heavy atom. The number of ether oxygens (including phenoxy) is 1. The topological polar surface area (TPSA) is 51.2 Å². The van der Waals surface area contributed by atoms with Gasteiger partial charge in [0, 0.05) is 25.0 Å². The first-order valence-electron chi connectivity index (χ1n) is 6.41. The number of carbonyl (C=O) groups excluding carboxylic acids is 1. The van der Waals surface area contributed by atoms with Crippen LogP contribution < -0.4 is 5.32 Å². The number of carbonyl (C=O) groups is 1. The predicted molar refractivity (Wildman–Crippen MR) is 72.2 cm³/mol. The molecule has 0 aliphatic carbocycles. The first-order chi connectivity index (χ1) is 8.58. The number of amides is 1. The zero-order valence-electron chi connectivity index (χ0n) is 11.2. The standard InChI is InChI=1S/C13H20N2O2S/c1-8(2)13-15-9(3)11(18-13)12(16)14-6-10-4-5-17-7-10/h8,10H,4-7H2,1-3H3,(H,14,16)/t10-/m1/s1. The van der Waals surface area contributed by atoms with Gasteiger partial charge >= 0.3 is 0 Å². The number of nitrogens with zero attached hydrogens (tertiary/aromatic N) is 1. The third kappa shape index (κ3) is 3.09. The van der Waals surface area contributed by atoms with Crippen molar-refractivity contribution in [2.45, 2.75) is 33.1 Å². The van der Waals surface area contributed by atoms with Crippen LogP contribution in [0.2, 0.25) is 0 Å². The summed E-state index contributed by atoms with van der Waals surface area (Å²) < 4.78 is 5.29. The van der Waals surface area contributed by atoms with E-state index >= 15 is 0 Å². The van der Waals surface area contributed by atoms with E-state index in [0.29, 0.717) is 18.4 Å². The van der Waals surface area contributed by atoms with Crippen molar-refractivity contribution in [2.75, 3.05) is 19.8 Å². The van der Waals surface area contributed by atoms with Crippen molar-refractivity contribution in [3.8, 4) is 0 Å². The van der Waals surface area contributed by atoms with E-state index in [9.17, 15) is 4.79 Å². The summed E-state index contributed by atoms with van der Waals surface area (Å²) in [5, 5.41) is 4.01. The third-order valence-corrected chi connectivity index (χ3v) is 4.55. The molecule has 1 aromatic rings. The Morgan fingerprint density at radius 3 is 2.94 bits per heavy atom. The van der Waals surface area contributed by atoms with E-state index in [1.807, 2.05) is 6.92 Å². The van der Waals surface area contributed by atoms with Crippen LogP contribution in [0.5, 0.6) is 0 Å². The van der Waals surface area contributed by atoms with Crippen molar-refractivity contribution in [1.29, 1.82) is 0 Å². The van der Waals surface area contributed by atoms with Crippen molar-refractivity contribution >= 4 is 17.2 Å². The van der Waals surface area contributed by atoms with E-state index < -0.39 is 0 Å². The lowest BCUT2D eigenvalue weighted by Crippen LogP contribution is -2.29. The number of thiazole rings is 1. The first kappa shape index (κ1) is 13.5. The molecule has 0 aromatic carbocycles. The van der Waals surface area contributed by atoms with Gasteiger partial charge in [-0.3, -0.25) is 4.79 Å². The van der Waals surface area contributed by atoms with Crippen molar-refractivity contribution in [3.63, 3.8) is 0 Å². The Labute approximate surface area is 112 Å². The molecular weight excluding hydrogens is 248 g/mol. The summed E-state index contributed by atoms with van der Waals surface area (Å²) in [6.07, 6.45) is 1.04. The molecule has 1 saturated heterocycles. The summed E-state index contributed by atoms with van der Waals surface area (Å²) in [5.74, 6) is 0.842. The lowest BCUT2D eigenvalue weighted by molar-refractivity contribution is 0.0948. The van der Waals surface area contributed by atoms with Gasteiger partial charge < -0.3 is 10.1 Å². The molecule has 0 unspecified atom stereocenters. The fourth-order valence-electron chi connectivity index (χ4n) is 1.94. The van der Waals surface area contributed by atoms with Crippen molar-refractivity contribution in [3.05, 3.63) is 15.6 Å². The first-order valence-corrected chi connectivity index (χ1v) is 7.23. The summed E-state index contributed by atoms with van der Waals surface area (Å²) in [6.45, 7) is 8.37. The van der Waals surface area contributed by atoms with Crippen LogP contribution in [-0.2, 0) is 4.74 Å². The van der Waals surface area contributed by atoms with Gasteiger partial charge in [0.1, 0.15) is 4.88 Å². The Balaban J connectivity index is 1.95. The van der Waals surface area contributed by atoms with Gasteiger partial charge in [-0.2, -0.15) is 0 Å². The fourth-order valence-corrected chi connectivity index (χ4v) is 2.92. The van der Waals surface area contributed by atoms with Crippen LogP contribution in [0.4, 0.5) is 0 Å². The van der Waals surface area contributed by atoms with Gasteiger partial charge in [-0.05, 0) is 13.3 Å². The van der Waals surface area contributed by atoms with E-state index in [1.165, 1.54) is 11.3 Å². The molecule has 0 saturated carbocycles. The number of rotatable bonds is 4. The lowest BCUT2D eigenvalue weighted by Gasteiger charge is -2.08. The highest BCUT2D eigenvalue weighted by Crippen LogP contribution is 2.24. The molecule has 1 atom stereocenters. The molecule has 1 aliphatic rings. The summed E-state index contributed by atoms with van der Waals surface area (Å²) in [5.41, 5.74) is 0.837. The molecule has 1 fully saturated rings. The van der Waals surface area contributed by atoms with Crippen LogP contribution in [0.15, 0.2) is 0 Å². The molecule has 0 radical (unpaired) electrons. The molecule has 1 N–H and O–H groups in total. The fraction of sp³-hybridized carbons (Fsp3) is 0.692. The maximum absolute atomic E-state index is 12.1. The molecule has 100 valence electrons. The van der Waals surface area contributed by atoms with E-state index in [2.05, 4.69) is 24.1 Å². The summed E-state index contributed by atoms with van der Waals surface area (Å²) in [7, 11) is 0. The van der Waals surface area contributed by atoms with Gasteiger partial charge in [-0.1, -0.05) is 13.8 Å². The molecule has 1 aromatic heterocycles. The smallest absolute Gasteiger partial charge is 0.263 e. The highest BCUT2D eigenvalue weighted by Gasteiger charge is 2.20. The second-order valence-corrected chi connectivity index (χ2v) is 6.09. The second kappa shape index (κ2) is 5.80. The molecule has 0 spiro atoms. The number of aryl methyl sites for hydroxylation is 1. The monoisotopic (exact) mass is 268 g/mol. The number of hydrogen-bond donors (Lipinski definition) is 1. The Morgan fingerprint density at radius 1 is 1.61 bits per heavy atom. The molecule has 2 rings (SSSR count). The molecule has 18 heavy (non-hydrogen) atoms. The average Bonchev–Trinajstić information content (AvgIpc) is 2.94. The van der Waals surface area contributed by atoms with Gasteiger partial charge in [-0.15, -0.1) is 11.3 Å². The Bertz CT molecular complexity index is 423. The Kier molecular flexibility index (Phi) is 4.35. The predicted octanol–water partition coefficient (Wildman–Crippen LogP) is 2.34. The largest absolute Gasteiger partial charge is 0.381 e. The van der Waals surface area contributed by atoms with Crippen molar-refractivity contribution in [2.24, 2.45) is 5.92 Å². The minimum atomic E-state index is 0.00352. The number of aromatic nitrogens is 1. The zero-order valence-corrected chi connectivity index (χ0v) is 12.0. The van der Waals surface area contributed by atoms with Gasteiger partial charge in [0.2, 0.25) is 0 Å². The lowest BCUT2D eigenvalue weighted by atomic mass is 10.1. The van der Waals surface area contributed by atoms with Gasteiger partial charge in [0.25, 0.3) is 5.91 Å². The van der Waals surface area contributed by atoms with Crippen LogP contribution in [0, 0.1) is 12.8 Å². The van der Waals surface area contributed by atoms with Crippen LogP contribution >= 0.6 is 11.3 Å². The minimum Gasteiger partial charge on any atom is -0.381 e. The van der Waals surface area contributed by atoms with E-state index in [1.54, 1.807) is 0 Å². The minimum absolute atomic E-state index is 0.00352. The van der Waals surface area contributed by atoms with E-state index in [4.69, 9.17) is 4.74 Å². The SMILES string of the molecule is Cc1nc(C(C)C)sc1C(=O)NC[C@H]1CCOC1. The molecule has 0 bridgehead atoms. The number of hydrogen-bond acceptors (Lipinski definition) is 4. The van der Waals surface area contributed by atoms with Gasteiger partial charge in [-0.25, -0.2) is 4.98 Å². The molecule has 4 nitrogen and oxygen atoms in total. The van der Waals surface area contributed by atoms with E-state index in [-0.39, 0.29) is 5.91 Å². The van der Waals surface area contributed by atoms with Crippen LogP contribution in [0.25, 0.3) is 0 Å². The highest BCUT2D eigenvalue weighted by atomic mass is 32.1. The summed E-state index contributed by atoms with van der Waals surface area (Å²) >= 11 is 1.50. The molecular formula is C13H20N2O2S. The summed E-state index contributed by atoms with van der Waals surface area (Å²) in [6, 6.07) is 0. The van der Waals surface area contributed by atoms with Crippen molar-refractivity contribution in [1.82, 2.24) is 10.3 Å². The van der Waals surface area contributed by atoms with Crippen LogP contribution in [0.1, 0.15) is 46.6 Å². The van der Waals surface area contributed by atoms with Crippen LogP contribution in [-0.4, -0.2) is 30.6 Å². The van der Waals surface area contributed by atoms with Crippen molar-refractivity contribution < 1.29 is 9.53 Å². The van der Waals surface area contributed by atoms with Crippen LogP contribution in [0.3, 0.4) is 0 Å². The summed E-state index contributed by atoms with van der Waals surface area (Å²) in [4.78, 5) is 17.3. The normalized spacial score (nSPS) is 19.4. The average molecular weight is 268 g/mol. The quantitative estimate of drug-likeness (QED) is 0.912. The van der Waals surface area contributed by atoms with Gasteiger partial charge in [0.05, 0.1) is 17.3 Å². The maximum Gasteiger partial charge on any atom is 0.263 e. The molecule has 1 aliphatic heterocycles. The Hall–Kier alpha value is -0.940. The molecule has 2 heterocycles. The molecule has 1 amide bonds.